The second kappa shape index (κ2) is 7.66. The van der Waals surface area contributed by atoms with Gasteiger partial charge in [0, 0.05) is 36.2 Å². The monoisotopic (exact) mass is 436 g/mol. The number of carbonyl (C=O) groups is 1. The van der Waals surface area contributed by atoms with Crippen LogP contribution >= 0.6 is 0 Å². The molecule has 2 aliphatic heterocycles. The molecular formula is C24H36O7. The highest BCUT2D eigenvalue weighted by Gasteiger charge is 2.72. The topological polar surface area (TPSA) is 105 Å². The summed E-state index contributed by atoms with van der Waals surface area (Å²) in [5.41, 5.74) is -0.491. The number of aliphatic hydroxyl groups excluding tert-OH is 3. The van der Waals surface area contributed by atoms with Crippen LogP contribution in [0.15, 0.2) is 23.8 Å². The van der Waals surface area contributed by atoms with Crippen molar-refractivity contribution < 1.29 is 34.3 Å². The Labute approximate surface area is 184 Å². The van der Waals surface area contributed by atoms with Gasteiger partial charge in [-0.3, -0.25) is 0 Å². The summed E-state index contributed by atoms with van der Waals surface area (Å²) >= 11 is 0. The van der Waals surface area contributed by atoms with E-state index in [0.717, 1.165) is 5.57 Å². The summed E-state index contributed by atoms with van der Waals surface area (Å²) in [4.78, 5) is 12.9. The van der Waals surface area contributed by atoms with Crippen LogP contribution in [-0.2, 0) is 19.0 Å². The lowest BCUT2D eigenvalue weighted by Crippen LogP contribution is -2.60. The summed E-state index contributed by atoms with van der Waals surface area (Å²) in [6, 6.07) is 0. The second-order valence-corrected chi connectivity index (χ2v) is 10.3. The minimum Gasteiger partial charge on any atom is -0.457 e. The van der Waals surface area contributed by atoms with E-state index in [-0.39, 0.29) is 23.7 Å². The Hall–Kier alpha value is -1.25. The van der Waals surface area contributed by atoms with Crippen molar-refractivity contribution in [1.82, 2.24) is 0 Å². The molecule has 0 radical (unpaired) electrons. The predicted molar refractivity (Wildman–Crippen MR) is 113 cm³/mol. The van der Waals surface area contributed by atoms with Gasteiger partial charge >= 0.3 is 5.97 Å². The molecule has 7 heteroatoms. The van der Waals surface area contributed by atoms with Crippen LogP contribution < -0.4 is 0 Å². The van der Waals surface area contributed by atoms with Crippen LogP contribution in [0.1, 0.15) is 41.0 Å². The summed E-state index contributed by atoms with van der Waals surface area (Å²) < 4.78 is 17.9. The Morgan fingerprint density at radius 2 is 1.94 bits per heavy atom. The number of rotatable bonds is 2. The number of carbonyl (C=O) groups excluding carboxylic acids is 1. The highest BCUT2D eigenvalue weighted by Crippen LogP contribution is 2.65. The summed E-state index contributed by atoms with van der Waals surface area (Å²) in [5.74, 6) is -1.65. The first-order chi connectivity index (χ1) is 14.5. The molecule has 12 atom stereocenters. The fourth-order valence-corrected chi connectivity index (χ4v) is 6.75. The number of ether oxygens (including phenoxy) is 3. The fourth-order valence-electron chi connectivity index (χ4n) is 6.75. The van der Waals surface area contributed by atoms with E-state index >= 15 is 0 Å². The van der Waals surface area contributed by atoms with Gasteiger partial charge in [-0.25, -0.2) is 4.79 Å². The first-order valence-electron chi connectivity index (χ1n) is 11.3. The lowest BCUT2D eigenvalue weighted by Gasteiger charge is -2.52. The van der Waals surface area contributed by atoms with Crippen molar-refractivity contribution in [3.05, 3.63) is 23.8 Å². The van der Waals surface area contributed by atoms with Crippen LogP contribution in [0.3, 0.4) is 0 Å². The molecule has 4 rings (SSSR count). The van der Waals surface area contributed by atoms with Crippen LogP contribution in [0.2, 0.25) is 0 Å². The van der Waals surface area contributed by atoms with Crippen molar-refractivity contribution in [3.8, 4) is 0 Å². The van der Waals surface area contributed by atoms with Gasteiger partial charge in [0.05, 0.1) is 24.4 Å². The molecule has 0 unspecified atom stereocenters. The molecule has 2 fully saturated rings. The van der Waals surface area contributed by atoms with E-state index in [9.17, 15) is 20.1 Å². The summed E-state index contributed by atoms with van der Waals surface area (Å²) in [7, 11) is 1.47. The molecule has 0 aromatic heterocycles. The second-order valence-electron chi connectivity index (χ2n) is 10.3. The molecule has 0 amide bonds. The summed E-state index contributed by atoms with van der Waals surface area (Å²) in [6.45, 7) is 9.39. The van der Waals surface area contributed by atoms with E-state index in [1.807, 2.05) is 33.8 Å². The van der Waals surface area contributed by atoms with Gasteiger partial charge in [0.15, 0.2) is 6.10 Å². The third kappa shape index (κ3) is 3.08. The molecule has 3 N–H and O–H groups in total. The highest BCUT2D eigenvalue weighted by atomic mass is 16.6. The normalized spacial score (nSPS) is 54.4. The summed E-state index contributed by atoms with van der Waals surface area (Å²) in [5, 5.41) is 32.6. The molecule has 1 spiro atoms. The lowest BCUT2D eigenvalue weighted by molar-refractivity contribution is -0.172. The third-order valence-corrected chi connectivity index (χ3v) is 8.43. The highest BCUT2D eigenvalue weighted by molar-refractivity contribution is 5.75. The van der Waals surface area contributed by atoms with Crippen LogP contribution in [0.4, 0.5) is 0 Å². The van der Waals surface area contributed by atoms with Crippen LogP contribution in [-0.4, -0.2) is 70.6 Å². The zero-order valence-electron chi connectivity index (χ0n) is 19.2. The average Bonchev–Trinajstić information content (AvgIpc) is 2.85. The molecule has 1 saturated heterocycles. The van der Waals surface area contributed by atoms with Gasteiger partial charge in [0.2, 0.25) is 0 Å². The quantitative estimate of drug-likeness (QED) is 0.446. The van der Waals surface area contributed by atoms with Crippen molar-refractivity contribution in [3.63, 3.8) is 0 Å². The van der Waals surface area contributed by atoms with Crippen molar-refractivity contribution in [1.29, 1.82) is 0 Å². The molecule has 2 heterocycles. The van der Waals surface area contributed by atoms with E-state index < -0.39 is 53.6 Å². The molecule has 4 aliphatic rings. The van der Waals surface area contributed by atoms with Crippen molar-refractivity contribution in [2.24, 2.45) is 29.1 Å². The van der Waals surface area contributed by atoms with Crippen molar-refractivity contribution in [2.45, 2.75) is 83.3 Å². The van der Waals surface area contributed by atoms with Gasteiger partial charge in [-0.15, -0.1) is 0 Å². The van der Waals surface area contributed by atoms with Crippen LogP contribution in [0.25, 0.3) is 0 Å². The van der Waals surface area contributed by atoms with Gasteiger partial charge in [0.1, 0.15) is 11.7 Å². The fraction of sp³-hybridized carbons (Fsp3) is 0.792. The Morgan fingerprint density at radius 1 is 1.26 bits per heavy atom. The first-order valence-corrected chi connectivity index (χ1v) is 11.3. The Bertz CT molecular complexity index is 791. The Morgan fingerprint density at radius 3 is 2.55 bits per heavy atom. The predicted octanol–water partition coefficient (Wildman–Crippen LogP) is 1.60. The number of hydrogen-bond acceptors (Lipinski definition) is 7. The first kappa shape index (κ1) is 22.9. The van der Waals surface area contributed by atoms with Gasteiger partial charge in [-0.05, 0) is 25.8 Å². The van der Waals surface area contributed by atoms with Gasteiger partial charge in [0.25, 0.3) is 0 Å². The van der Waals surface area contributed by atoms with E-state index in [0.29, 0.717) is 6.42 Å². The number of hydrogen-bond donors (Lipinski definition) is 3. The van der Waals surface area contributed by atoms with E-state index in [2.05, 4.69) is 12.2 Å². The van der Waals surface area contributed by atoms with Crippen LogP contribution in [0, 0.1) is 29.1 Å². The summed E-state index contributed by atoms with van der Waals surface area (Å²) in [6.07, 6.45) is 1.97. The average molecular weight is 437 g/mol. The molecule has 174 valence electrons. The maximum Gasteiger partial charge on any atom is 0.335 e. The molecule has 1 saturated carbocycles. The maximum absolute atomic E-state index is 12.9. The van der Waals surface area contributed by atoms with E-state index in [1.54, 1.807) is 6.92 Å². The minimum absolute atomic E-state index is 0.244. The largest absolute Gasteiger partial charge is 0.457 e. The van der Waals surface area contributed by atoms with Gasteiger partial charge in [-0.1, -0.05) is 39.0 Å². The number of aliphatic hydroxyl groups is 3. The number of esters is 1. The van der Waals surface area contributed by atoms with Gasteiger partial charge in [-0.2, -0.15) is 0 Å². The maximum atomic E-state index is 12.9. The Kier molecular flexibility index (Phi) is 5.67. The minimum atomic E-state index is -0.884. The molecule has 0 aromatic carbocycles. The number of cyclic esters (lactones) is 1. The molecule has 0 aromatic rings. The standard InChI is InChI=1S/C24H36O7/c1-11-9-12(2)24-15(10-16(29-6)22(28)30-19(11)14(4)25)7-8-23(5)20(24)17(26)13(3)18(27)21(23)31-24/h7-9,11,13-21,25-27H,10H2,1-6H3/b12-9+/t11-,13-,14-,15-,16+,17-,18-,19+,20-,21+,23-,24+/m1/s1. The number of methoxy groups -OCH3 is 1. The SMILES string of the molecule is CO[C@H]1C[C@H]2C=C[C@]3(C)[C@H]4[C@H](O)[C@@H](C)[C@@H](O)[C@@H]3O[C@@]24/C(C)=C/[C@@H](C)[C@@H]([C@@H](C)O)OC1=O. The molecule has 4 bridgehead atoms. The van der Waals surface area contributed by atoms with E-state index in [1.165, 1.54) is 7.11 Å². The Balaban J connectivity index is 1.91. The van der Waals surface area contributed by atoms with E-state index in [4.69, 9.17) is 14.2 Å². The third-order valence-electron chi connectivity index (χ3n) is 8.43. The zero-order chi connectivity index (χ0) is 22.9. The van der Waals surface area contributed by atoms with Crippen LogP contribution in [0.5, 0.6) is 0 Å². The lowest BCUT2D eigenvalue weighted by atomic mass is 9.51. The molecule has 7 nitrogen and oxygen atoms in total. The molecule has 2 aliphatic carbocycles. The smallest absolute Gasteiger partial charge is 0.335 e. The van der Waals surface area contributed by atoms with Gasteiger partial charge < -0.3 is 29.5 Å². The van der Waals surface area contributed by atoms with Crippen molar-refractivity contribution in [2.75, 3.05) is 7.11 Å². The molecular weight excluding hydrogens is 400 g/mol. The zero-order valence-corrected chi connectivity index (χ0v) is 19.2. The van der Waals surface area contributed by atoms with Crippen molar-refractivity contribution >= 4 is 5.97 Å². The molecule has 31 heavy (non-hydrogen) atoms.